The first-order valence-electron chi connectivity index (χ1n) is 8.88. The molecule has 2 N–H and O–H groups in total. The monoisotopic (exact) mass is 379 g/mol. The molecule has 2 aliphatic heterocycles. The molecule has 3 heterocycles. The number of hydrogen-bond acceptors (Lipinski definition) is 6. The fourth-order valence-electron chi connectivity index (χ4n) is 3.21. The van der Waals surface area contributed by atoms with Crippen LogP contribution in [0.2, 0.25) is 0 Å². The van der Waals surface area contributed by atoms with E-state index in [0.717, 1.165) is 11.1 Å². The number of hydrogen-bond donors (Lipinski definition) is 2. The van der Waals surface area contributed by atoms with Crippen LogP contribution in [0.25, 0.3) is 11.3 Å². The third-order valence-electron chi connectivity index (χ3n) is 4.60. The molecule has 0 bridgehead atoms. The van der Waals surface area contributed by atoms with Gasteiger partial charge in [-0.3, -0.25) is 9.89 Å². The molecule has 8 heteroatoms. The Bertz CT molecular complexity index is 1050. The van der Waals surface area contributed by atoms with Gasteiger partial charge in [0.25, 0.3) is 5.91 Å². The first-order valence-corrected chi connectivity index (χ1v) is 8.88. The molecule has 1 aromatic heterocycles. The zero-order valence-electron chi connectivity index (χ0n) is 14.9. The molecule has 2 aromatic carbocycles. The Morgan fingerprint density at radius 1 is 0.964 bits per heavy atom. The maximum Gasteiger partial charge on any atom is 0.255 e. The number of nitrogens with one attached hydrogen (secondary N) is 2. The lowest BCUT2D eigenvalue weighted by atomic mass is 10.1. The fourth-order valence-corrected chi connectivity index (χ4v) is 3.21. The van der Waals surface area contributed by atoms with E-state index in [9.17, 15) is 4.79 Å². The van der Waals surface area contributed by atoms with Gasteiger partial charge in [-0.2, -0.15) is 5.10 Å². The summed E-state index contributed by atoms with van der Waals surface area (Å²) in [4.78, 5) is 12.7. The summed E-state index contributed by atoms with van der Waals surface area (Å²) >= 11 is 0. The van der Waals surface area contributed by atoms with Crippen molar-refractivity contribution >= 4 is 5.91 Å². The molecule has 0 spiro atoms. The first-order chi connectivity index (χ1) is 13.8. The van der Waals surface area contributed by atoms with Crippen molar-refractivity contribution in [3.8, 4) is 34.3 Å². The van der Waals surface area contributed by atoms with Gasteiger partial charge in [0.1, 0.15) is 13.2 Å². The second-order valence-electron chi connectivity index (χ2n) is 6.39. The minimum atomic E-state index is -0.226. The van der Waals surface area contributed by atoms with Crippen LogP contribution in [0.1, 0.15) is 15.9 Å². The van der Waals surface area contributed by atoms with Gasteiger partial charge >= 0.3 is 0 Å². The maximum atomic E-state index is 12.7. The maximum absolute atomic E-state index is 12.7. The summed E-state index contributed by atoms with van der Waals surface area (Å²) in [5.74, 6) is 2.53. The number of carbonyl (C=O) groups excluding carboxylic acids is 1. The van der Waals surface area contributed by atoms with Crippen LogP contribution < -0.4 is 24.3 Å². The highest BCUT2D eigenvalue weighted by atomic mass is 16.7. The van der Waals surface area contributed by atoms with Crippen LogP contribution in [-0.2, 0) is 6.54 Å². The van der Waals surface area contributed by atoms with Crippen molar-refractivity contribution in [3.05, 3.63) is 53.7 Å². The lowest BCUT2D eigenvalue weighted by molar-refractivity contribution is 0.0951. The number of benzene rings is 2. The van der Waals surface area contributed by atoms with Crippen molar-refractivity contribution in [2.75, 3.05) is 20.0 Å². The molecule has 0 unspecified atom stereocenters. The topological polar surface area (TPSA) is 94.7 Å². The van der Waals surface area contributed by atoms with Crippen molar-refractivity contribution in [2.45, 2.75) is 6.54 Å². The Hall–Kier alpha value is -3.68. The van der Waals surface area contributed by atoms with Crippen LogP contribution in [0.3, 0.4) is 0 Å². The highest BCUT2D eigenvalue weighted by Crippen LogP contribution is 2.35. The van der Waals surface area contributed by atoms with Gasteiger partial charge in [0, 0.05) is 12.1 Å². The molecule has 0 aliphatic carbocycles. The van der Waals surface area contributed by atoms with Crippen molar-refractivity contribution in [3.63, 3.8) is 0 Å². The molecule has 0 fully saturated rings. The number of carbonyl (C=O) groups is 1. The second kappa shape index (κ2) is 6.80. The zero-order valence-corrected chi connectivity index (χ0v) is 14.9. The number of aromatic amines is 1. The van der Waals surface area contributed by atoms with E-state index in [1.54, 1.807) is 0 Å². The standard InChI is InChI=1S/C20H17N3O5/c24-20(21-9-12-1-3-16-17(7-12)28-11-27-16)14-10-22-23-19(14)13-2-4-15-18(8-13)26-6-5-25-15/h1-4,7-8,10H,5-6,9,11H2,(H,21,24)(H,22,23). The smallest absolute Gasteiger partial charge is 0.255 e. The molecule has 3 aromatic rings. The largest absolute Gasteiger partial charge is 0.486 e. The number of fused-ring (bicyclic) bond motifs is 2. The summed E-state index contributed by atoms with van der Waals surface area (Å²) in [6.07, 6.45) is 1.51. The van der Waals surface area contributed by atoms with Gasteiger partial charge in [-0.25, -0.2) is 0 Å². The van der Waals surface area contributed by atoms with E-state index in [2.05, 4.69) is 15.5 Å². The number of rotatable bonds is 4. The van der Waals surface area contributed by atoms with E-state index in [0.29, 0.717) is 54.0 Å². The van der Waals surface area contributed by atoms with E-state index in [1.807, 2.05) is 36.4 Å². The summed E-state index contributed by atoms with van der Waals surface area (Å²) in [6, 6.07) is 11.1. The van der Waals surface area contributed by atoms with E-state index < -0.39 is 0 Å². The third-order valence-corrected chi connectivity index (χ3v) is 4.60. The molecule has 1 amide bonds. The van der Waals surface area contributed by atoms with Crippen molar-refractivity contribution in [1.82, 2.24) is 15.5 Å². The van der Waals surface area contributed by atoms with Gasteiger partial charge in [-0.05, 0) is 35.9 Å². The lowest BCUT2D eigenvalue weighted by Gasteiger charge is -2.18. The minimum Gasteiger partial charge on any atom is -0.486 e. The number of amides is 1. The summed E-state index contributed by atoms with van der Waals surface area (Å²) < 4.78 is 21.8. The molecule has 0 radical (unpaired) electrons. The molecule has 8 nitrogen and oxygen atoms in total. The van der Waals surface area contributed by atoms with Gasteiger partial charge in [0.15, 0.2) is 23.0 Å². The van der Waals surface area contributed by atoms with Gasteiger partial charge in [-0.15, -0.1) is 0 Å². The SMILES string of the molecule is O=C(NCc1ccc2c(c1)OCO2)c1cn[nH]c1-c1ccc2c(c1)OCCO2. The van der Waals surface area contributed by atoms with E-state index in [1.165, 1.54) is 6.20 Å². The normalized spacial score (nSPS) is 14.0. The molecule has 5 rings (SSSR count). The average Bonchev–Trinajstić information content (AvgIpc) is 3.40. The van der Waals surface area contributed by atoms with Crippen molar-refractivity contribution in [1.29, 1.82) is 0 Å². The summed E-state index contributed by atoms with van der Waals surface area (Å²) in [5.41, 5.74) is 2.80. The summed E-state index contributed by atoms with van der Waals surface area (Å²) in [5, 5.41) is 9.85. The Balaban J connectivity index is 1.33. The Labute approximate surface area is 160 Å². The quantitative estimate of drug-likeness (QED) is 0.723. The third kappa shape index (κ3) is 2.98. The number of ether oxygens (including phenoxy) is 4. The minimum absolute atomic E-state index is 0.221. The van der Waals surface area contributed by atoms with Crippen molar-refractivity contribution in [2.24, 2.45) is 0 Å². The van der Waals surface area contributed by atoms with Crippen LogP contribution >= 0.6 is 0 Å². The van der Waals surface area contributed by atoms with Crippen LogP contribution in [-0.4, -0.2) is 36.1 Å². The second-order valence-corrected chi connectivity index (χ2v) is 6.39. The molecule has 0 saturated heterocycles. The van der Waals surface area contributed by atoms with Crippen molar-refractivity contribution < 1.29 is 23.7 Å². The van der Waals surface area contributed by atoms with E-state index in [4.69, 9.17) is 18.9 Å². The number of nitrogens with zero attached hydrogens (tertiary/aromatic N) is 1. The predicted molar refractivity (Wildman–Crippen MR) is 98.7 cm³/mol. The fraction of sp³-hybridized carbons (Fsp3) is 0.200. The summed E-state index contributed by atoms with van der Waals surface area (Å²) in [6.45, 7) is 1.62. The number of aromatic nitrogens is 2. The lowest BCUT2D eigenvalue weighted by Crippen LogP contribution is -2.23. The Morgan fingerprint density at radius 2 is 1.71 bits per heavy atom. The zero-order chi connectivity index (χ0) is 18.9. The van der Waals surface area contributed by atoms with E-state index in [-0.39, 0.29) is 12.7 Å². The molecule has 0 saturated carbocycles. The van der Waals surface area contributed by atoms with Crippen LogP contribution in [0, 0.1) is 0 Å². The molecular weight excluding hydrogens is 362 g/mol. The first kappa shape index (κ1) is 16.5. The average molecular weight is 379 g/mol. The van der Waals surface area contributed by atoms with Crippen LogP contribution in [0.15, 0.2) is 42.6 Å². The predicted octanol–water partition coefficient (Wildman–Crippen LogP) is 2.51. The number of H-pyrrole nitrogens is 1. The Kier molecular flexibility index (Phi) is 4.01. The molecule has 142 valence electrons. The van der Waals surface area contributed by atoms with Gasteiger partial charge < -0.3 is 24.3 Å². The van der Waals surface area contributed by atoms with Gasteiger partial charge in [0.05, 0.1) is 17.5 Å². The molecular formula is C20H17N3O5. The molecule has 2 aliphatic rings. The summed E-state index contributed by atoms with van der Waals surface area (Å²) in [7, 11) is 0. The highest BCUT2D eigenvalue weighted by molar-refractivity contribution is 5.99. The van der Waals surface area contributed by atoms with E-state index >= 15 is 0 Å². The molecule has 28 heavy (non-hydrogen) atoms. The molecule has 0 atom stereocenters. The highest BCUT2D eigenvalue weighted by Gasteiger charge is 2.19. The van der Waals surface area contributed by atoms with Gasteiger partial charge in [0.2, 0.25) is 6.79 Å². The van der Waals surface area contributed by atoms with Gasteiger partial charge in [-0.1, -0.05) is 6.07 Å². The van der Waals surface area contributed by atoms with Crippen LogP contribution in [0.4, 0.5) is 0 Å². The van der Waals surface area contributed by atoms with Crippen LogP contribution in [0.5, 0.6) is 23.0 Å². The Morgan fingerprint density at radius 3 is 2.64 bits per heavy atom.